The van der Waals surface area contributed by atoms with Gasteiger partial charge < -0.3 is 13.9 Å². The largest absolute Gasteiger partial charge is 0.490 e. The quantitative estimate of drug-likeness (QED) is 0.475. The molecule has 0 aliphatic carbocycles. The molecule has 7 heteroatoms. The van der Waals surface area contributed by atoms with E-state index in [1.54, 1.807) is 18.2 Å². The van der Waals surface area contributed by atoms with Crippen LogP contribution in [0.3, 0.4) is 0 Å². The lowest BCUT2D eigenvalue weighted by Crippen LogP contribution is -2.16. The Balaban J connectivity index is 2.13. The molecule has 0 radical (unpaired) electrons. The van der Waals surface area contributed by atoms with Gasteiger partial charge in [-0.15, -0.1) is 6.42 Å². The Kier molecular flexibility index (Phi) is 6.29. The highest BCUT2D eigenvalue weighted by molar-refractivity contribution is 6.32. The third-order valence-electron chi connectivity index (χ3n) is 2.76. The average molecular weight is 347 g/mol. The summed E-state index contributed by atoms with van der Waals surface area (Å²) in [6.45, 7) is 2.34. The highest BCUT2D eigenvalue weighted by Gasteiger charge is 2.12. The lowest BCUT2D eigenvalue weighted by atomic mass is 10.2. The summed E-state index contributed by atoms with van der Waals surface area (Å²) >= 11 is 6.19. The topological polar surface area (TPSA) is 73.1 Å². The van der Waals surface area contributed by atoms with Gasteiger partial charge in [0.05, 0.1) is 24.1 Å². The van der Waals surface area contributed by atoms with Crippen LogP contribution in [0, 0.1) is 12.3 Å². The molecule has 0 bridgehead atoms. The zero-order valence-corrected chi connectivity index (χ0v) is 13.7. The summed E-state index contributed by atoms with van der Waals surface area (Å²) in [5, 5.41) is 4.19. The second-order valence-electron chi connectivity index (χ2n) is 4.43. The van der Waals surface area contributed by atoms with Gasteiger partial charge >= 0.3 is 5.91 Å². The van der Waals surface area contributed by atoms with Crippen molar-refractivity contribution in [3.05, 3.63) is 46.9 Å². The number of carbonyl (C=O) groups is 1. The van der Waals surface area contributed by atoms with Crippen LogP contribution in [0.5, 0.6) is 11.5 Å². The van der Waals surface area contributed by atoms with Crippen LogP contribution >= 0.6 is 11.6 Å². The zero-order valence-electron chi connectivity index (χ0n) is 12.9. The number of nitrogens with one attached hydrogen (secondary N) is 1. The smallest absolute Gasteiger partial charge is 0.307 e. The van der Waals surface area contributed by atoms with Crippen molar-refractivity contribution in [1.29, 1.82) is 0 Å². The minimum Gasteiger partial charge on any atom is -0.490 e. The molecule has 2 rings (SSSR count). The van der Waals surface area contributed by atoms with Crippen LogP contribution in [0.1, 0.15) is 23.0 Å². The number of benzene rings is 1. The van der Waals surface area contributed by atoms with E-state index in [1.807, 2.05) is 6.92 Å². The van der Waals surface area contributed by atoms with Crippen LogP contribution in [0.2, 0.25) is 5.02 Å². The molecule has 1 aromatic carbocycles. The number of furan rings is 1. The van der Waals surface area contributed by atoms with E-state index in [0.29, 0.717) is 28.7 Å². The number of hydrazone groups is 1. The Bertz CT molecular complexity index is 764. The van der Waals surface area contributed by atoms with Crippen molar-refractivity contribution in [3.63, 3.8) is 0 Å². The molecular weight excluding hydrogens is 332 g/mol. The maximum Gasteiger partial charge on any atom is 0.307 e. The van der Waals surface area contributed by atoms with Gasteiger partial charge in [0, 0.05) is 0 Å². The summed E-state index contributed by atoms with van der Waals surface area (Å²) in [6, 6.07) is 6.45. The molecule has 1 heterocycles. The van der Waals surface area contributed by atoms with Crippen molar-refractivity contribution < 1.29 is 18.7 Å². The number of rotatable bonds is 7. The normalized spacial score (nSPS) is 10.4. The van der Waals surface area contributed by atoms with Gasteiger partial charge in [-0.1, -0.05) is 17.5 Å². The number of hydrogen-bond acceptors (Lipinski definition) is 5. The number of nitrogens with zero attached hydrogens (tertiary/aromatic N) is 1. The molecule has 1 N–H and O–H groups in total. The van der Waals surface area contributed by atoms with Crippen LogP contribution < -0.4 is 14.9 Å². The maximum absolute atomic E-state index is 11.7. The average Bonchev–Trinajstić information content (AvgIpc) is 3.09. The SMILES string of the molecule is C#CCOc1c(Cl)cc(/C=N\NC(=O)c2ccco2)cc1OCC. The summed E-state index contributed by atoms with van der Waals surface area (Å²) in [5.41, 5.74) is 2.97. The Morgan fingerprint density at radius 3 is 3.00 bits per heavy atom. The molecule has 0 saturated carbocycles. The third kappa shape index (κ3) is 4.54. The number of halogens is 1. The van der Waals surface area contributed by atoms with Crippen molar-refractivity contribution in [2.75, 3.05) is 13.2 Å². The summed E-state index contributed by atoms with van der Waals surface area (Å²) in [7, 11) is 0. The first kappa shape index (κ1) is 17.4. The van der Waals surface area contributed by atoms with Crippen molar-refractivity contribution in [3.8, 4) is 23.8 Å². The fraction of sp³-hybridized carbons (Fsp3) is 0.176. The fourth-order valence-corrected chi connectivity index (χ4v) is 2.08. The molecule has 1 amide bonds. The number of terminal acetylenes is 1. The molecule has 6 nitrogen and oxygen atoms in total. The summed E-state index contributed by atoms with van der Waals surface area (Å²) in [6.07, 6.45) is 8.02. The molecule has 0 aliphatic rings. The van der Waals surface area contributed by atoms with Crippen molar-refractivity contribution in [2.45, 2.75) is 6.92 Å². The second kappa shape index (κ2) is 8.65. The first-order valence-corrected chi connectivity index (χ1v) is 7.43. The van der Waals surface area contributed by atoms with Gasteiger partial charge in [0.1, 0.15) is 6.61 Å². The Morgan fingerprint density at radius 1 is 1.50 bits per heavy atom. The first-order chi connectivity index (χ1) is 11.7. The predicted octanol–water partition coefficient (Wildman–Crippen LogP) is 3.11. The van der Waals surface area contributed by atoms with E-state index in [0.717, 1.165) is 0 Å². The summed E-state index contributed by atoms with van der Waals surface area (Å²) < 4.78 is 15.9. The molecular formula is C17H15ClN2O4. The molecule has 24 heavy (non-hydrogen) atoms. The minimum absolute atomic E-state index is 0.0758. The van der Waals surface area contributed by atoms with Gasteiger partial charge in [-0.3, -0.25) is 4.79 Å². The standard InChI is InChI=1S/C17H15ClN2O4/c1-3-7-24-16-13(18)9-12(10-15(16)22-4-2)11-19-20-17(21)14-6-5-8-23-14/h1,5-6,8-11H,4,7H2,2H3,(H,20,21)/b19-11-. The Labute approximate surface area is 144 Å². The maximum atomic E-state index is 11.7. The molecule has 0 saturated heterocycles. The van der Waals surface area contributed by atoms with E-state index in [2.05, 4.69) is 16.4 Å². The molecule has 1 aromatic heterocycles. The first-order valence-electron chi connectivity index (χ1n) is 7.05. The molecule has 2 aromatic rings. The van der Waals surface area contributed by atoms with Gasteiger partial charge in [-0.05, 0) is 36.8 Å². The van der Waals surface area contributed by atoms with Gasteiger partial charge in [0.25, 0.3) is 0 Å². The Morgan fingerprint density at radius 2 is 2.33 bits per heavy atom. The van der Waals surface area contributed by atoms with Crippen LogP contribution in [-0.4, -0.2) is 25.3 Å². The van der Waals surface area contributed by atoms with Crippen LogP contribution in [0.25, 0.3) is 0 Å². The second-order valence-corrected chi connectivity index (χ2v) is 4.84. The number of amides is 1. The lowest BCUT2D eigenvalue weighted by molar-refractivity contribution is 0.0927. The molecule has 0 spiro atoms. The Hall–Kier alpha value is -2.91. The predicted molar refractivity (Wildman–Crippen MR) is 90.7 cm³/mol. The van der Waals surface area contributed by atoms with E-state index < -0.39 is 5.91 Å². The highest BCUT2D eigenvalue weighted by atomic mass is 35.5. The van der Waals surface area contributed by atoms with Crippen LogP contribution in [0.15, 0.2) is 40.0 Å². The molecule has 124 valence electrons. The molecule has 0 atom stereocenters. The van der Waals surface area contributed by atoms with E-state index in [9.17, 15) is 4.79 Å². The summed E-state index contributed by atoms with van der Waals surface area (Å²) in [4.78, 5) is 11.7. The number of hydrogen-bond donors (Lipinski definition) is 1. The van der Waals surface area contributed by atoms with E-state index in [1.165, 1.54) is 18.5 Å². The van der Waals surface area contributed by atoms with Gasteiger partial charge in [0.15, 0.2) is 17.3 Å². The lowest BCUT2D eigenvalue weighted by Gasteiger charge is -2.12. The van der Waals surface area contributed by atoms with Crippen LogP contribution in [-0.2, 0) is 0 Å². The van der Waals surface area contributed by atoms with E-state index in [4.69, 9.17) is 31.9 Å². The van der Waals surface area contributed by atoms with Gasteiger partial charge in [-0.25, -0.2) is 5.43 Å². The van der Waals surface area contributed by atoms with Crippen LogP contribution in [0.4, 0.5) is 0 Å². The molecule has 0 aliphatic heterocycles. The molecule has 0 unspecified atom stereocenters. The van der Waals surface area contributed by atoms with Crippen molar-refractivity contribution in [1.82, 2.24) is 5.43 Å². The van der Waals surface area contributed by atoms with E-state index in [-0.39, 0.29) is 12.4 Å². The zero-order chi connectivity index (χ0) is 17.4. The summed E-state index contributed by atoms with van der Waals surface area (Å²) in [5.74, 6) is 2.89. The van der Waals surface area contributed by atoms with Crippen molar-refractivity contribution >= 4 is 23.7 Å². The minimum atomic E-state index is -0.457. The number of carbonyl (C=O) groups excluding carboxylic acids is 1. The number of ether oxygens (including phenoxy) is 2. The monoisotopic (exact) mass is 346 g/mol. The third-order valence-corrected chi connectivity index (χ3v) is 3.04. The van der Waals surface area contributed by atoms with E-state index >= 15 is 0 Å². The highest BCUT2D eigenvalue weighted by Crippen LogP contribution is 2.36. The molecule has 0 fully saturated rings. The van der Waals surface area contributed by atoms with Crippen molar-refractivity contribution in [2.24, 2.45) is 5.10 Å². The van der Waals surface area contributed by atoms with Gasteiger partial charge in [-0.2, -0.15) is 5.10 Å². The fourth-order valence-electron chi connectivity index (χ4n) is 1.81. The van der Waals surface area contributed by atoms with Gasteiger partial charge in [0.2, 0.25) is 0 Å².